The zero-order chi connectivity index (χ0) is 15.2. The highest BCUT2D eigenvalue weighted by atomic mass is 19.1. The largest absolute Gasteiger partial charge is 0.274 e. The zero-order valence-electron chi connectivity index (χ0n) is 12.3. The van der Waals surface area contributed by atoms with Gasteiger partial charge in [0.05, 0.1) is 0 Å². The molecule has 2 rings (SSSR count). The average molecular weight is 286 g/mol. The lowest BCUT2D eigenvalue weighted by Crippen LogP contribution is -2.27. The summed E-state index contributed by atoms with van der Waals surface area (Å²) in [6.45, 7) is 3.92. The maximum absolute atomic E-state index is 13.6. The van der Waals surface area contributed by atoms with E-state index in [2.05, 4.69) is 4.99 Å². The number of aryl methyl sites for hydroxylation is 1. The first-order valence-electron chi connectivity index (χ1n) is 7.06. The number of carbonyl (C=O) groups is 1. The van der Waals surface area contributed by atoms with Crippen molar-refractivity contribution >= 4 is 5.91 Å². The number of aromatic nitrogens is 1. The van der Waals surface area contributed by atoms with Crippen molar-refractivity contribution in [1.29, 1.82) is 0 Å². The van der Waals surface area contributed by atoms with Crippen molar-refractivity contribution in [3.05, 3.63) is 65.5 Å². The van der Waals surface area contributed by atoms with E-state index in [0.29, 0.717) is 17.5 Å². The molecule has 0 N–H and O–H groups in total. The summed E-state index contributed by atoms with van der Waals surface area (Å²) in [5, 5.41) is 0. The molecule has 0 saturated carbocycles. The van der Waals surface area contributed by atoms with Gasteiger partial charge in [-0.1, -0.05) is 24.3 Å². The van der Waals surface area contributed by atoms with Crippen molar-refractivity contribution < 1.29 is 9.18 Å². The number of nitrogens with zero attached hydrogens (tertiary/aromatic N) is 2. The van der Waals surface area contributed by atoms with Crippen LogP contribution in [0.15, 0.2) is 53.7 Å². The van der Waals surface area contributed by atoms with Gasteiger partial charge in [0.15, 0.2) is 0 Å². The van der Waals surface area contributed by atoms with Crippen molar-refractivity contribution in [1.82, 2.24) is 4.57 Å². The minimum Gasteiger partial charge on any atom is -0.274 e. The average Bonchev–Trinajstić information content (AvgIpc) is 2.46. The van der Waals surface area contributed by atoms with Gasteiger partial charge in [0, 0.05) is 18.7 Å². The maximum atomic E-state index is 13.6. The molecule has 0 unspecified atom stereocenters. The summed E-state index contributed by atoms with van der Waals surface area (Å²) >= 11 is 0. The van der Waals surface area contributed by atoms with E-state index in [9.17, 15) is 9.18 Å². The maximum Gasteiger partial charge on any atom is 0.232 e. The van der Waals surface area contributed by atoms with E-state index in [4.69, 9.17) is 0 Å². The predicted molar refractivity (Wildman–Crippen MR) is 80.5 cm³/mol. The SMILES string of the molecule is CC(C)N=c1ccccn1C(=O)CCc1ccccc1F. The Morgan fingerprint density at radius 2 is 1.90 bits per heavy atom. The molecule has 2 aromatic rings. The van der Waals surface area contributed by atoms with Crippen LogP contribution >= 0.6 is 0 Å². The van der Waals surface area contributed by atoms with Crippen LogP contribution in [0, 0.1) is 5.82 Å². The number of pyridine rings is 1. The van der Waals surface area contributed by atoms with Gasteiger partial charge in [0.25, 0.3) is 0 Å². The topological polar surface area (TPSA) is 34.4 Å². The Labute approximate surface area is 123 Å². The van der Waals surface area contributed by atoms with E-state index in [1.54, 1.807) is 36.5 Å². The molecule has 0 aliphatic carbocycles. The Morgan fingerprint density at radius 1 is 1.19 bits per heavy atom. The van der Waals surface area contributed by atoms with E-state index in [-0.39, 0.29) is 24.2 Å². The minimum atomic E-state index is -0.268. The number of rotatable bonds is 4. The first-order valence-corrected chi connectivity index (χ1v) is 7.06. The normalized spacial score (nSPS) is 11.9. The quantitative estimate of drug-likeness (QED) is 0.850. The number of benzene rings is 1. The standard InChI is InChI=1S/C17H19FN2O/c1-13(2)19-16-9-5-6-12-20(16)17(21)11-10-14-7-3-4-8-15(14)18/h3-9,12-13H,10-11H2,1-2H3. The summed E-state index contributed by atoms with van der Waals surface area (Å²) < 4.78 is 15.1. The molecule has 21 heavy (non-hydrogen) atoms. The van der Waals surface area contributed by atoms with Crippen LogP contribution in [-0.4, -0.2) is 16.5 Å². The molecule has 0 aliphatic rings. The van der Waals surface area contributed by atoms with E-state index in [1.807, 2.05) is 19.9 Å². The predicted octanol–water partition coefficient (Wildman–Crippen LogP) is 3.21. The van der Waals surface area contributed by atoms with E-state index < -0.39 is 0 Å². The molecule has 0 radical (unpaired) electrons. The van der Waals surface area contributed by atoms with Crippen LogP contribution in [0.2, 0.25) is 0 Å². The lowest BCUT2D eigenvalue weighted by atomic mass is 10.1. The molecule has 1 aromatic heterocycles. The number of hydrogen-bond acceptors (Lipinski definition) is 2. The summed E-state index contributed by atoms with van der Waals surface area (Å²) in [6.07, 6.45) is 2.33. The number of halogens is 1. The van der Waals surface area contributed by atoms with Crippen LogP contribution in [-0.2, 0) is 6.42 Å². The Morgan fingerprint density at radius 3 is 2.62 bits per heavy atom. The lowest BCUT2D eigenvalue weighted by molar-refractivity contribution is 0.0897. The molecule has 0 aliphatic heterocycles. The van der Waals surface area contributed by atoms with Gasteiger partial charge in [0.1, 0.15) is 11.3 Å². The minimum absolute atomic E-state index is 0.0850. The molecular formula is C17H19FN2O. The van der Waals surface area contributed by atoms with Gasteiger partial charge in [-0.25, -0.2) is 4.39 Å². The Hall–Kier alpha value is -2.23. The summed E-state index contributed by atoms with van der Waals surface area (Å²) in [5.74, 6) is -0.353. The second-order valence-corrected chi connectivity index (χ2v) is 5.14. The molecule has 0 atom stereocenters. The van der Waals surface area contributed by atoms with E-state index >= 15 is 0 Å². The van der Waals surface area contributed by atoms with Gasteiger partial charge >= 0.3 is 0 Å². The summed E-state index contributed by atoms with van der Waals surface area (Å²) in [6, 6.07) is 12.1. The van der Waals surface area contributed by atoms with E-state index in [1.165, 1.54) is 10.6 Å². The van der Waals surface area contributed by atoms with Gasteiger partial charge in [-0.05, 0) is 44.0 Å². The second kappa shape index (κ2) is 6.97. The van der Waals surface area contributed by atoms with Crippen molar-refractivity contribution in [2.75, 3.05) is 0 Å². The van der Waals surface area contributed by atoms with Crippen LogP contribution in [0.3, 0.4) is 0 Å². The smallest absolute Gasteiger partial charge is 0.232 e. The zero-order valence-corrected chi connectivity index (χ0v) is 12.3. The molecule has 0 spiro atoms. The molecule has 1 heterocycles. The number of carbonyl (C=O) groups excluding carboxylic acids is 1. The third kappa shape index (κ3) is 4.12. The van der Waals surface area contributed by atoms with Crippen LogP contribution < -0.4 is 5.49 Å². The van der Waals surface area contributed by atoms with Gasteiger partial charge in [-0.3, -0.25) is 14.4 Å². The summed E-state index contributed by atoms with van der Waals surface area (Å²) in [7, 11) is 0. The fourth-order valence-corrected chi connectivity index (χ4v) is 2.08. The molecule has 110 valence electrons. The second-order valence-electron chi connectivity index (χ2n) is 5.14. The van der Waals surface area contributed by atoms with E-state index in [0.717, 1.165) is 0 Å². The molecular weight excluding hydrogens is 267 g/mol. The highest BCUT2D eigenvalue weighted by molar-refractivity contribution is 5.78. The molecule has 0 bridgehead atoms. The van der Waals surface area contributed by atoms with Gasteiger partial charge < -0.3 is 0 Å². The van der Waals surface area contributed by atoms with Gasteiger partial charge in [-0.15, -0.1) is 0 Å². The Kier molecular flexibility index (Phi) is 5.04. The van der Waals surface area contributed by atoms with Gasteiger partial charge in [-0.2, -0.15) is 0 Å². The van der Waals surface area contributed by atoms with Crippen molar-refractivity contribution in [2.45, 2.75) is 32.7 Å². The molecule has 0 saturated heterocycles. The first kappa shape index (κ1) is 15.2. The van der Waals surface area contributed by atoms with Crippen LogP contribution in [0.4, 0.5) is 4.39 Å². The molecule has 1 aromatic carbocycles. The molecule has 3 nitrogen and oxygen atoms in total. The number of hydrogen-bond donors (Lipinski definition) is 0. The third-order valence-electron chi connectivity index (χ3n) is 3.06. The van der Waals surface area contributed by atoms with Crippen LogP contribution in [0.25, 0.3) is 0 Å². The first-order chi connectivity index (χ1) is 10.1. The molecule has 0 fully saturated rings. The van der Waals surface area contributed by atoms with Crippen LogP contribution in [0.1, 0.15) is 30.6 Å². The van der Waals surface area contributed by atoms with Crippen molar-refractivity contribution in [3.8, 4) is 0 Å². The lowest BCUT2D eigenvalue weighted by Gasteiger charge is -2.07. The summed E-state index contributed by atoms with van der Waals surface area (Å²) in [4.78, 5) is 16.7. The fourth-order valence-electron chi connectivity index (χ4n) is 2.08. The van der Waals surface area contributed by atoms with Crippen molar-refractivity contribution in [2.24, 2.45) is 4.99 Å². The van der Waals surface area contributed by atoms with Gasteiger partial charge in [0.2, 0.25) is 5.91 Å². The molecule has 0 amide bonds. The monoisotopic (exact) mass is 286 g/mol. The highest BCUT2D eigenvalue weighted by Crippen LogP contribution is 2.09. The molecule has 4 heteroatoms. The van der Waals surface area contributed by atoms with Crippen molar-refractivity contribution in [3.63, 3.8) is 0 Å². The fraction of sp³-hybridized carbons (Fsp3) is 0.294. The Balaban J connectivity index is 2.17. The van der Waals surface area contributed by atoms with Crippen LogP contribution in [0.5, 0.6) is 0 Å². The third-order valence-corrected chi connectivity index (χ3v) is 3.06. The Bertz CT molecular complexity index is 689. The highest BCUT2D eigenvalue weighted by Gasteiger charge is 2.08. The summed E-state index contributed by atoms with van der Waals surface area (Å²) in [5.41, 5.74) is 1.19.